The van der Waals surface area contributed by atoms with Crippen LogP contribution in [0.1, 0.15) is 33.4 Å². The third-order valence-corrected chi connectivity index (χ3v) is 15.7. The Morgan fingerprint density at radius 2 is 0.698 bits per heavy atom. The molecule has 0 radical (unpaired) electrons. The minimum Gasteiger partial charge on any atom is -0.203 e. The van der Waals surface area contributed by atoms with E-state index in [1.54, 1.807) is 18.2 Å². The largest absolute Gasteiger partial charge is 0.291 e. The van der Waals surface area contributed by atoms with Crippen LogP contribution in [0, 0.1) is 23.3 Å². The number of hydrogen-bond acceptors (Lipinski definition) is 0. The molecule has 6 heteroatoms. The van der Waals surface area contributed by atoms with E-state index in [-0.39, 0.29) is 0 Å². The summed E-state index contributed by atoms with van der Waals surface area (Å²) in [6, 6.07) is 13.1. The predicted molar refractivity (Wildman–Crippen MR) is 199 cm³/mol. The van der Waals surface area contributed by atoms with Crippen LogP contribution >= 0.6 is 0 Å². The molecule has 0 saturated carbocycles. The molecule has 18 rings (SSSR count). The van der Waals surface area contributed by atoms with Crippen molar-refractivity contribution < 1.29 is 26.3 Å². The van der Waals surface area contributed by atoms with Gasteiger partial charge in [0.1, 0.15) is 5.41 Å². The molecule has 4 aliphatic carbocycles. The number of hydrogen-bond donors (Lipinski definition) is 0. The molecule has 14 aromatic carbocycles. The van der Waals surface area contributed by atoms with E-state index in [4.69, 9.17) is 0 Å². The Morgan fingerprint density at radius 3 is 1.23 bits per heavy atom. The molecule has 0 aromatic heterocycles. The molecule has 0 N–H and O–H groups in total. The smallest absolute Gasteiger partial charge is 0.203 e. The summed E-state index contributed by atoms with van der Waals surface area (Å²) in [6.45, 7) is 0. The number of alkyl halides is 2. The van der Waals surface area contributed by atoms with Crippen molar-refractivity contribution in [2.75, 3.05) is 0 Å². The highest BCUT2D eigenvalue weighted by Gasteiger charge is 2.79. The Labute approximate surface area is 289 Å². The molecule has 0 bridgehead atoms. The molecule has 0 nitrogen and oxygen atoms in total. The number of allylic oxidation sites excluding steroid dienone is 2. The molecule has 2 atom stereocenters. The first-order valence-electron chi connectivity index (χ1n) is 17.9. The van der Waals surface area contributed by atoms with E-state index in [1.165, 1.54) is 38.4 Å². The van der Waals surface area contributed by atoms with Crippen LogP contribution in [0.5, 0.6) is 0 Å². The fourth-order valence-electron chi connectivity index (χ4n) is 14.6. The lowest BCUT2D eigenvalue weighted by molar-refractivity contribution is -0.0666. The lowest BCUT2D eigenvalue weighted by Crippen LogP contribution is -2.49. The number of fused-ring (bicyclic) bond motifs is 5. The highest BCUT2D eigenvalue weighted by molar-refractivity contribution is 6.66. The van der Waals surface area contributed by atoms with Gasteiger partial charge < -0.3 is 0 Å². The zero-order valence-electron chi connectivity index (χ0n) is 26.5. The molecular weight excluding hydrogens is 679 g/mol. The first kappa shape index (κ1) is 24.2. The van der Waals surface area contributed by atoms with Crippen molar-refractivity contribution in [2.24, 2.45) is 0 Å². The van der Waals surface area contributed by atoms with Crippen molar-refractivity contribution in [3.8, 4) is 0 Å². The van der Waals surface area contributed by atoms with Crippen molar-refractivity contribution in [1.82, 2.24) is 0 Å². The van der Waals surface area contributed by atoms with E-state index in [2.05, 4.69) is 36.4 Å². The first-order valence-corrected chi connectivity index (χ1v) is 17.9. The van der Waals surface area contributed by atoms with Crippen LogP contribution in [0.25, 0.3) is 141 Å². The number of rotatable bonds is 0. The zero-order chi connectivity index (χ0) is 34.2. The van der Waals surface area contributed by atoms with Gasteiger partial charge in [0, 0.05) is 5.56 Å². The highest BCUT2D eigenvalue weighted by atomic mass is 19.3. The topological polar surface area (TPSA) is 0 Å². The molecular formula is C47H10F6. The van der Waals surface area contributed by atoms with Crippen LogP contribution in [0.15, 0.2) is 48.6 Å². The second-order valence-electron chi connectivity index (χ2n) is 16.7. The predicted octanol–water partition coefficient (Wildman–Crippen LogP) is 13.2. The Bertz CT molecular complexity index is 4230. The van der Waals surface area contributed by atoms with Gasteiger partial charge in [0.25, 0.3) is 5.92 Å². The molecule has 0 fully saturated rings. The van der Waals surface area contributed by atoms with E-state index in [1.807, 2.05) is 0 Å². The van der Waals surface area contributed by atoms with Gasteiger partial charge in [0.05, 0.1) is 11.0 Å². The lowest BCUT2D eigenvalue weighted by atomic mass is 9.57. The van der Waals surface area contributed by atoms with E-state index in [0.29, 0.717) is 21.9 Å². The van der Waals surface area contributed by atoms with Gasteiger partial charge in [-0.15, -0.1) is 0 Å². The normalized spacial score (nSPS) is 23.1. The second-order valence-corrected chi connectivity index (χ2v) is 16.7. The van der Waals surface area contributed by atoms with E-state index < -0.39 is 51.1 Å². The molecule has 53 heavy (non-hydrogen) atoms. The standard InChI is InChI=1S/C47H10F6/c48-41-39-40(42(49)44(51)43(41)50)47(52,53)46-10-8-18-16-6-4-14-12-2-1-11-13-3-5-15-17-7-9-45(39,46)37-25(17)29-23(15)21(13)27-19(11)20(12)28-22(14)24(16)30-26(18)38(46)36(37)35-33(29)31(27)32(28)34(30)35/h1-10H. The summed E-state index contributed by atoms with van der Waals surface area (Å²) in [5, 5.41) is 25.0. The SMILES string of the molecule is Fc1c(F)c(F)c2c(c1F)C(F)(F)C13C=Cc4c5ccc6c7ccc8c9ccc%10c%11c%12c(c%13c1c4c1c5c6c4c7c8c5c9c%10c%12c6c%13c1c4c65)C23C=C%11. The minimum absolute atomic E-state index is 0.325. The molecule has 4 aliphatic rings. The molecule has 0 amide bonds. The fraction of sp³-hybridized carbons (Fsp3) is 0.0638. The van der Waals surface area contributed by atoms with Crippen LogP contribution in [0.4, 0.5) is 26.3 Å². The first-order chi connectivity index (χ1) is 25.8. The summed E-state index contributed by atoms with van der Waals surface area (Å²) in [5.74, 6) is -12.2. The molecule has 14 aromatic rings. The summed E-state index contributed by atoms with van der Waals surface area (Å²) >= 11 is 0. The van der Waals surface area contributed by atoms with Gasteiger partial charge in [-0.3, -0.25) is 0 Å². The van der Waals surface area contributed by atoms with E-state index in [0.717, 1.165) is 97.3 Å². The van der Waals surface area contributed by atoms with Gasteiger partial charge >= 0.3 is 0 Å². The van der Waals surface area contributed by atoms with Crippen molar-refractivity contribution in [3.63, 3.8) is 0 Å². The van der Waals surface area contributed by atoms with Crippen molar-refractivity contribution in [2.45, 2.75) is 16.8 Å². The molecule has 240 valence electrons. The van der Waals surface area contributed by atoms with Gasteiger partial charge in [-0.2, -0.15) is 8.78 Å². The number of benzene rings is 9. The van der Waals surface area contributed by atoms with Crippen LogP contribution in [-0.2, 0) is 16.8 Å². The van der Waals surface area contributed by atoms with E-state index in [9.17, 15) is 0 Å². The summed E-state index contributed by atoms with van der Waals surface area (Å²) in [5.41, 5.74) is -4.19. The molecule has 0 heterocycles. The summed E-state index contributed by atoms with van der Waals surface area (Å²) in [6.07, 6.45) is 6.53. The van der Waals surface area contributed by atoms with Gasteiger partial charge in [-0.05, 0) is 152 Å². The van der Waals surface area contributed by atoms with Crippen LogP contribution in [-0.4, -0.2) is 0 Å². The Kier molecular flexibility index (Phi) is 2.74. The maximum atomic E-state index is 18.2. The average Bonchev–Trinajstić information content (AvgIpc) is 3.99. The summed E-state index contributed by atoms with van der Waals surface area (Å²) in [4.78, 5) is 0. The molecule has 0 aliphatic heterocycles. The van der Waals surface area contributed by atoms with Crippen LogP contribution in [0.2, 0.25) is 0 Å². The van der Waals surface area contributed by atoms with Crippen molar-refractivity contribution in [3.05, 3.63) is 105 Å². The fourth-order valence-corrected chi connectivity index (χ4v) is 14.6. The molecule has 0 saturated heterocycles. The Balaban J connectivity index is 1.32. The Morgan fingerprint density at radius 1 is 0.321 bits per heavy atom. The zero-order valence-corrected chi connectivity index (χ0v) is 26.5. The minimum atomic E-state index is -4.16. The second kappa shape index (κ2) is 6.02. The van der Waals surface area contributed by atoms with Crippen molar-refractivity contribution >= 4 is 141 Å². The highest BCUT2D eigenvalue weighted by Crippen LogP contribution is 2.80. The third kappa shape index (κ3) is 1.60. The monoisotopic (exact) mass is 688 g/mol. The summed E-state index contributed by atoms with van der Waals surface area (Å²) in [7, 11) is 0. The van der Waals surface area contributed by atoms with Crippen LogP contribution in [0.3, 0.4) is 0 Å². The van der Waals surface area contributed by atoms with Crippen LogP contribution < -0.4 is 0 Å². The maximum absolute atomic E-state index is 18.2. The van der Waals surface area contributed by atoms with Crippen molar-refractivity contribution in [1.29, 1.82) is 0 Å². The Hall–Kier alpha value is -6.14. The average molecular weight is 689 g/mol. The molecule has 2 unspecified atom stereocenters. The molecule has 2 spiro atoms. The number of halogens is 6. The lowest BCUT2D eigenvalue weighted by Gasteiger charge is -2.44. The van der Waals surface area contributed by atoms with Gasteiger partial charge in [-0.25, -0.2) is 17.6 Å². The van der Waals surface area contributed by atoms with Gasteiger partial charge in [0.2, 0.25) is 0 Å². The van der Waals surface area contributed by atoms with Gasteiger partial charge in [-0.1, -0.05) is 60.7 Å². The quantitative estimate of drug-likeness (QED) is 0.0644. The van der Waals surface area contributed by atoms with E-state index >= 15 is 26.3 Å². The summed E-state index contributed by atoms with van der Waals surface area (Å²) < 4.78 is 100. The maximum Gasteiger partial charge on any atom is 0.291 e. The third-order valence-electron chi connectivity index (χ3n) is 15.7. The van der Waals surface area contributed by atoms with Gasteiger partial charge in [0.15, 0.2) is 23.3 Å².